The summed E-state index contributed by atoms with van der Waals surface area (Å²) >= 11 is 0. The maximum atomic E-state index is 9.56. The first kappa shape index (κ1) is 16.7. The van der Waals surface area contributed by atoms with Crippen molar-refractivity contribution in [3.8, 4) is 0 Å². The second-order valence-electron chi connectivity index (χ2n) is 5.69. The summed E-state index contributed by atoms with van der Waals surface area (Å²) in [6.45, 7) is 11.6. The number of nitrogens with zero attached hydrogens (tertiary/aromatic N) is 3. The number of anilines is 2. The summed E-state index contributed by atoms with van der Waals surface area (Å²) in [5, 5.41) is 12.9. The summed E-state index contributed by atoms with van der Waals surface area (Å²) in [5.41, 5.74) is 1.03. The van der Waals surface area contributed by atoms with Gasteiger partial charge in [-0.25, -0.2) is 9.97 Å². The molecule has 5 nitrogen and oxygen atoms in total. The van der Waals surface area contributed by atoms with Gasteiger partial charge in [0, 0.05) is 31.6 Å². The van der Waals surface area contributed by atoms with Crippen LogP contribution in [0.15, 0.2) is 0 Å². The van der Waals surface area contributed by atoms with Gasteiger partial charge in [0.2, 0.25) is 0 Å². The van der Waals surface area contributed by atoms with Crippen molar-refractivity contribution < 1.29 is 5.11 Å². The van der Waals surface area contributed by atoms with Crippen molar-refractivity contribution in [2.75, 3.05) is 30.4 Å². The number of aromatic nitrogens is 2. The lowest BCUT2D eigenvalue weighted by Crippen LogP contribution is -2.29. The van der Waals surface area contributed by atoms with Crippen molar-refractivity contribution in [2.45, 2.75) is 53.1 Å². The topological polar surface area (TPSA) is 61.3 Å². The van der Waals surface area contributed by atoms with E-state index in [9.17, 15) is 5.11 Å². The van der Waals surface area contributed by atoms with E-state index in [-0.39, 0.29) is 12.0 Å². The Hall–Kier alpha value is -1.36. The van der Waals surface area contributed by atoms with Gasteiger partial charge in [0.05, 0.1) is 6.10 Å². The minimum Gasteiger partial charge on any atom is -0.392 e. The number of aliphatic hydroxyl groups is 1. The number of likely N-dealkylation sites (N-methyl/N-ethyl adjacent to an activating group) is 1. The molecule has 114 valence electrons. The Kier molecular flexibility index (Phi) is 6.20. The third-order valence-corrected chi connectivity index (χ3v) is 3.10. The van der Waals surface area contributed by atoms with E-state index in [0.29, 0.717) is 6.54 Å². The van der Waals surface area contributed by atoms with E-state index in [0.717, 1.165) is 36.0 Å². The van der Waals surface area contributed by atoms with Gasteiger partial charge >= 0.3 is 0 Å². The van der Waals surface area contributed by atoms with E-state index >= 15 is 0 Å². The zero-order chi connectivity index (χ0) is 15.3. The summed E-state index contributed by atoms with van der Waals surface area (Å²) in [5.74, 6) is 2.90. The van der Waals surface area contributed by atoms with Gasteiger partial charge in [-0.2, -0.15) is 0 Å². The lowest BCUT2D eigenvalue weighted by molar-refractivity contribution is 0.201. The third kappa shape index (κ3) is 4.34. The second kappa shape index (κ2) is 7.43. The van der Waals surface area contributed by atoms with Gasteiger partial charge in [-0.15, -0.1) is 0 Å². The molecule has 1 heterocycles. The van der Waals surface area contributed by atoms with Crippen LogP contribution >= 0.6 is 0 Å². The van der Waals surface area contributed by atoms with Crippen LogP contribution in [0.3, 0.4) is 0 Å². The van der Waals surface area contributed by atoms with Crippen LogP contribution in [-0.4, -0.2) is 41.3 Å². The van der Waals surface area contributed by atoms with Crippen LogP contribution in [0.4, 0.5) is 11.6 Å². The smallest absolute Gasteiger partial charge is 0.137 e. The van der Waals surface area contributed by atoms with Crippen LogP contribution in [-0.2, 0) is 0 Å². The molecule has 0 saturated heterocycles. The first-order chi connectivity index (χ1) is 9.36. The molecule has 0 amide bonds. The molecule has 0 aliphatic carbocycles. The summed E-state index contributed by atoms with van der Waals surface area (Å²) in [7, 11) is 1.95. The predicted octanol–water partition coefficient (Wildman–Crippen LogP) is 2.55. The standard InChI is InChI=1S/C15H28N4O/c1-7-8-16-14-12(5)15(19(6)9-11(4)20)18-13(17-14)10(2)3/h10-11,20H,7-9H2,1-6H3,(H,16,17,18). The van der Waals surface area contributed by atoms with Gasteiger partial charge in [0.1, 0.15) is 17.5 Å². The molecule has 1 aromatic heterocycles. The Bertz CT molecular complexity index is 432. The van der Waals surface area contributed by atoms with Crippen LogP contribution in [0.5, 0.6) is 0 Å². The quantitative estimate of drug-likeness (QED) is 0.803. The summed E-state index contributed by atoms with van der Waals surface area (Å²) in [6.07, 6.45) is 0.670. The molecule has 5 heteroatoms. The maximum absolute atomic E-state index is 9.56. The number of hydrogen-bond acceptors (Lipinski definition) is 5. The fourth-order valence-corrected chi connectivity index (χ4v) is 2.05. The Balaban J connectivity index is 3.16. The number of nitrogens with one attached hydrogen (secondary N) is 1. The Morgan fingerprint density at radius 1 is 1.25 bits per heavy atom. The Labute approximate surface area is 122 Å². The molecule has 0 aliphatic heterocycles. The molecule has 0 radical (unpaired) electrons. The zero-order valence-corrected chi connectivity index (χ0v) is 13.6. The van der Waals surface area contributed by atoms with Crippen LogP contribution in [0.25, 0.3) is 0 Å². The summed E-state index contributed by atoms with van der Waals surface area (Å²) in [4.78, 5) is 11.3. The average Bonchev–Trinajstić information content (AvgIpc) is 2.36. The van der Waals surface area contributed by atoms with Crippen molar-refractivity contribution in [1.29, 1.82) is 0 Å². The summed E-state index contributed by atoms with van der Waals surface area (Å²) < 4.78 is 0. The lowest BCUT2D eigenvalue weighted by atomic mass is 10.2. The maximum Gasteiger partial charge on any atom is 0.137 e. The van der Waals surface area contributed by atoms with Gasteiger partial charge in [0.15, 0.2) is 0 Å². The van der Waals surface area contributed by atoms with Crippen molar-refractivity contribution in [3.63, 3.8) is 0 Å². The third-order valence-electron chi connectivity index (χ3n) is 3.10. The first-order valence-electron chi connectivity index (χ1n) is 7.38. The Morgan fingerprint density at radius 3 is 2.40 bits per heavy atom. The fraction of sp³-hybridized carbons (Fsp3) is 0.733. The van der Waals surface area contributed by atoms with Crippen molar-refractivity contribution >= 4 is 11.6 Å². The van der Waals surface area contributed by atoms with E-state index < -0.39 is 0 Å². The second-order valence-corrected chi connectivity index (χ2v) is 5.69. The fourth-order valence-electron chi connectivity index (χ4n) is 2.05. The molecule has 20 heavy (non-hydrogen) atoms. The average molecular weight is 280 g/mol. The molecule has 0 aliphatic rings. The number of aliphatic hydroxyl groups excluding tert-OH is 1. The molecule has 1 aromatic rings. The van der Waals surface area contributed by atoms with E-state index in [1.807, 2.05) is 18.9 Å². The van der Waals surface area contributed by atoms with Crippen molar-refractivity contribution in [3.05, 3.63) is 11.4 Å². The van der Waals surface area contributed by atoms with Gasteiger partial charge in [-0.05, 0) is 20.3 Å². The molecular weight excluding hydrogens is 252 g/mol. The molecule has 0 saturated carbocycles. The highest BCUT2D eigenvalue weighted by Gasteiger charge is 2.16. The molecule has 0 aromatic carbocycles. The molecular formula is C15H28N4O. The molecule has 1 atom stereocenters. The van der Waals surface area contributed by atoms with Gasteiger partial charge in [0.25, 0.3) is 0 Å². The number of hydrogen-bond donors (Lipinski definition) is 2. The van der Waals surface area contributed by atoms with E-state index in [2.05, 4.69) is 36.1 Å². The molecule has 0 fully saturated rings. The molecule has 2 N–H and O–H groups in total. The predicted molar refractivity (Wildman–Crippen MR) is 84.6 cm³/mol. The largest absolute Gasteiger partial charge is 0.392 e. The van der Waals surface area contributed by atoms with Crippen molar-refractivity contribution in [2.24, 2.45) is 0 Å². The van der Waals surface area contributed by atoms with Gasteiger partial charge in [-0.3, -0.25) is 0 Å². The minimum atomic E-state index is -0.385. The van der Waals surface area contributed by atoms with Crippen LogP contribution in [0.1, 0.15) is 51.4 Å². The van der Waals surface area contributed by atoms with E-state index in [4.69, 9.17) is 0 Å². The lowest BCUT2D eigenvalue weighted by Gasteiger charge is -2.24. The highest BCUT2D eigenvalue weighted by molar-refractivity contribution is 5.58. The first-order valence-corrected chi connectivity index (χ1v) is 7.38. The van der Waals surface area contributed by atoms with Crippen LogP contribution < -0.4 is 10.2 Å². The highest BCUT2D eigenvalue weighted by atomic mass is 16.3. The van der Waals surface area contributed by atoms with Crippen molar-refractivity contribution in [1.82, 2.24) is 9.97 Å². The van der Waals surface area contributed by atoms with E-state index in [1.165, 1.54) is 0 Å². The molecule has 1 rings (SSSR count). The normalized spacial score (nSPS) is 12.6. The zero-order valence-electron chi connectivity index (χ0n) is 13.6. The molecule has 0 bridgehead atoms. The van der Waals surface area contributed by atoms with E-state index in [1.54, 1.807) is 6.92 Å². The highest BCUT2D eigenvalue weighted by Crippen LogP contribution is 2.25. The molecule has 1 unspecified atom stereocenters. The minimum absolute atomic E-state index is 0.275. The monoisotopic (exact) mass is 280 g/mol. The van der Waals surface area contributed by atoms with Gasteiger partial charge < -0.3 is 15.3 Å². The van der Waals surface area contributed by atoms with Gasteiger partial charge in [-0.1, -0.05) is 20.8 Å². The molecule has 0 spiro atoms. The number of rotatable bonds is 7. The Morgan fingerprint density at radius 2 is 1.90 bits per heavy atom. The SMILES string of the molecule is CCCNc1nc(C(C)C)nc(N(C)CC(C)O)c1C. The summed E-state index contributed by atoms with van der Waals surface area (Å²) in [6, 6.07) is 0. The van der Waals surface area contributed by atoms with Crippen LogP contribution in [0.2, 0.25) is 0 Å². The van der Waals surface area contributed by atoms with Crippen LogP contribution in [0, 0.1) is 6.92 Å².